The Labute approximate surface area is 142 Å². The Morgan fingerprint density at radius 2 is 2.08 bits per heavy atom. The van der Waals surface area contributed by atoms with Gasteiger partial charge >= 0.3 is 0 Å². The van der Waals surface area contributed by atoms with E-state index in [1.54, 1.807) is 12.1 Å². The standard InChI is InChI=1S/C19H25FN2O2/c1-14-12-22(8-9-24-14)13-16(23)11-21-10-15-6-7-19(20)18-5-3-2-4-17(15)18/h2-7,14,16,21,23H,8-13H2,1H3. The summed E-state index contributed by atoms with van der Waals surface area (Å²) in [6.45, 7) is 6.27. The maximum absolute atomic E-state index is 13.8. The topological polar surface area (TPSA) is 44.7 Å². The zero-order valence-electron chi connectivity index (χ0n) is 14.0. The van der Waals surface area contributed by atoms with Crippen LogP contribution in [0.25, 0.3) is 10.8 Å². The number of rotatable bonds is 6. The number of aliphatic hydroxyl groups excluding tert-OH is 1. The van der Waals surface area contributed by atoms with Crippen LogP contribution in [0.15, 0.2) is 36.4 Å². The highest BCUT2D eigenvalue weighted by Gasteiger charge is 2.19. The number of fused-ring (bicyclic) bond motifs is 1. The van der Waals surface area contributed by atoms with Crippen LogP contribution in [-0.4, -0.2) is 55.0 Å². The predicted octanol–water partition coefficient (Wildman–Crippen LogP) is 2.15. The molecule has 5 heteroatoms. The van der Waals surface area contributed by atoms with Gasteiger partial charge in [-0.2, -0.15) is 0 Å². The molecule has 0 radical (unpaired) electrons. The van der Waals surface area contributed by atoms with E-state index in [1.807, 2.05) is 18.2 Å². The van der Waals surface area contributed by atoms with Crippen molar-refractivity contribution in [3.63, 3.8) is 0 Å². The van der Waals surface area contributed by atoms with Crippen LogP contribution < -0.4 is 5.32 Å². The fourth-order valence-electron chi connectivity index (χ4n) is 3.27. The second-order valence-corrected chi connectivity index (χ2v) is 6.48. The molecule has 0 amide bonds. The van der Waals surface area contributed by atoms with Crippen molar-refractivity contribution in [2.45, 2.75) is 25.7 Å². The number of nitrogens with zero attached hydrogens (tertiary/aromatic N) is 1. The summed E-state index contributed by atoms with van der Waals surface area (Å²) in [5.41, 5.74) is 1.04. The molecule has 0 aliphatic carbocycles. The Hall–Kier alpha value is -1.53. The zero-order chi connectivity index (χ0) is 16.9. The van der Waals surface area contributed by atoms with E-state index < -0.39 is 6.10 Å². The zero-order valence-corrected chi connectivity index (χ0v) is 14.0. The van der Waals surface area contributed by atoms with Crippen LogP contribution in [0.4, 0.5) is 4.39 Å². The molecular formula is C19H25FN2O2. The highest BCUT2D eigenvalue weighted by molar-refractivity contribution is 5.86. The van der Waals surface area contributed by atoms with Gasteiger partial charge in [0.25, 0.3) is 0 Å². The van der Waals surface area contributed by atoms with E-state index in [0.29, 0.717) is 25.0 Å². The smallest absolute Gasteiger partial charge is 0.131 e. The van der Waals surface area contributed by atoms with Gasteiger partial charge in [0.1, 0.15) is 5.82 Å². The molecule has 2 N–H and O–H groups in total. The summed E-state index contributed by atoms with van der Waals surface area (Å²) < 4.78 is 19.3. The van der Waals surface area contributed by atoms with Crippen molar-refractivity contribution in [3.8, 4) is 0 Å². The molecule has 0 spiro atoms. The maximum Gasteiger partial charge on any atom is 0.131 e. The van der Waals surface area contributed by atoms with Crippen molar-refractivity contribution in [2.24, 2.45) is 0 Å². The number of hydrogen-bond acceptors (Lipinski definition) is 4. The van der Waals surface area contributed by atoms with E-state index in [4.69, 9.17) is 4.74 Å². The molecule has 2 atom stereocenters. The number of ether oxygens (including phenoxy) is 1. The lowest BCUT2D eigenvalue weighted by molar-refractivity contribution is -0.0313. The van der Waals surface area contributed by atoms with Gasteiger partial charge in [0.2, 0.25) is 0 Å². The van der Waals surface area contributed by atoms with Crippen LogP contribution in [-0.2, 0) is 11.3 Å². The Balaban J connectivity index is 1.52. The summed E-state index contributed by atoms with van der Waals surface area (Å²) in [5.74, 6) is -0.198. The van der Waals surface area contributed by atoms with E-state index in [-0.39, 0.29) is 11.9 Å². The summed E-state index contributed by atoms with van der Waals surface area (Å²) in [6.07, 6.45) is -0.202. The molecule has 1 saturated heterocycles. The second kappa shape index (κ2) is 8.03. The third-order valence-corrected chi connectivity index (χ3v) is 4.45. The minimum Gasteiger partial charge on any atom is -0.390 e. The first-order chi connectivity index (χ1) is 11.6. The molecular weight excluding hydrogens is 307 g/mol. The van der Waals surface area contributed by atoms with Crippen molar-refractivity contribution < 1.29 is 14.2 Å². The molecule has 3 rings (SSSR count). The van der Waals surface area contributed by atoms with E-state index in [9.17, 15) is 9.50 Å². The molecule has 2 unspecified atom stereocenters. The number of benzene rings is 2. The largest absolute Gasteiger partial charge is 0.390 e. The molecule has 1 fully saturated rings. The first kappa shape index (κ1) is 17.3. The molecule has 0 aromatic heterocycles. The van der Waals surface area contributed by atoms with Gasteiger partial charge in [-0.05, 0) is 23.9 Å². The van der Waals surface area contributed by atoms with Crippen LogP contribution >= 0.6 is 0 Å². The number of halogens is 1. The maximum atomic E-state index is 13.8. The summed E-state index contributed by atoms with van der Waals surface area (Å²) >= 11 is 0. The lowest BCUT2D eigenvalue weighted by atomic mass is 10.0. The molecule has 2 aromatic rings. The summed E-state index contributed by atoms with van der Waals surface area (Å²) in [6, 6.07) is 10.8. The molecule has 1 aliphatic rings. The average Bonchev–Trinajstić information content (AvgIpc) is 2.57. The fraction of sp³-hybridized carbons (Fsp3) is 0.474. The molecule has 2 aromatic carbocycles. The third kappa shape index (κ3) is 4.30. The summed E-state index contributed by atoms with van der Waals surface area (Å²) in [5, 5.41) is 15.1. The second-order valence-electron chi connectivity index (χ2n) is 6.48. The van der Waals surface area contributed by atoms with Crippen molar-refractivity contribution in [2.75, 3.05) is 32.8 Å². The quantitative estimate of drug-likeness (QED) is 0.851. The van der Waals surface area contributed by atoms with E-state index in [2.05, 4.69) is 17.1 Å². The van der Waals surface area contributed by atoms with Gasteiger partial charge in [-0.15, -0.1) is 0 Å². The van der Waals surface area contributed by atoms with Crippen LogP contribution in [0.2, 0.25) is 0 Å². The van der Waals surface area contributed by atoms with Gasteiger partial charge in [-0.25, -0.2) is 4.39 Å². The Kier molecular flexibility index (Phi) is 5.79. The van der Waals surface area contributed by atoms with Crippen molar-refractivity contribution in [1.29, 1.82) is 0 Å². The van der Waals surface area contributed by atoms with Crippen molar-refractivity contribution in [1.82, 2.24) is 10.2 Å². The van der Waals surface area contributed by atoms with Gasteiger partial charge in [0.05, 0.1) is 18.8 Å². The molecule has 130 valence electrons. The highest BCUT2D eigenvalue weighted by atomic mass is 19.1. The first-order valence-corrected chi connectivity index (χ1v) is 8.52. The minimum atomic E-state index is -0.429. The normalized spacial score (nSPS) is 20.4. The Morgan fingerprint density at radius 3 is 2.88 bits per heavy atom. The SMILES string of the molecule is CC1CN(CC(O)CNCc2ccc(F)c3ccccc23)CCO1. The van der Waals surface area contributed by atoms with Crippen LogP contribution in [0, 0.1) is 5.82 Å². The van der Waals surface area contributed by atoms with Crippen molar-refractivity contribution >= 4 is 10.8 Å². The van der Waals surface area contributed by atoms with Crippen LogP contribution in [0.3, 0.4) is 0 Å². The van der Waals surface area contributed by atoms with Crippen LogP contribution in [0.1, 0.15) is 12.5 Å². The summed E-state index contributed by atoms with van der Waals surface area (Å²) in [7, 11) is 0. The minimum absolute atomic E-state index is 0.198. The van der Waals surface area contributed by atoms with Gasteiger partial charge in [0.15, 0.2) is 0 Å². The van der Waals surface area contributed by atoms with Gasteiger partial charge in [-0.3, -0.25) is 4.90 Å². The van der Waals surface area contributed by atoms with Crippen molar-refractivity contribution in [3.05, 3.63) is 47.8 Å². The molecule has 4 nitrogen and oxygen atoms in total. The monoisotopic (exact) mass is 332 g/mol. The Bertz CT molecular complexity index is 679. The van der Waals surface area contributed by atoms with Gasteiger partial charge in [0, 0.05) is 38.1 Å². The highest BCUT2D eigenvalue weighted by Crippen LogP contribution is 2.21. The number of aliphatic hydroxyl groups is 1. The predicted molar refractivity (Wildman–Crippen MR) is 93.5 cm³/mol. The van der Waals surface area contributed by atoms with E-state index in [1.165, 1.54) is 6.07 Å². The molecule has 24 heavy (non-hydrogen) atoms. The van der Waals surface area contributed by atoms with Gasteiger partial charge < -0.3 is 15.2 Å². The lowest BCUT2D eigenvalue weighted by Gasteiger charge is -2.32. The first-order valence-electron chi connectivity index (χ1n) is 8.52. The van der Waals surface area contributed by atoms with Crippen LogP contribution in [0.5, 0.6) is 0 Å². The molecule has 0 saturated carbocycles. The third-order valence-electron chi connectivity index (χ3n) is 4.45. The number of morpholine rings is 1. The van der Waals surface area contributed by atoms with Gasteiger partial charge in [-0.1, -0.05) is 30.3 Å². The molecule has 0 bridgehead atoms. The lowest BCUT2D eigenvalue weighted by Crippen LogP contribution is -2.46. The fourth-order valence-corrected chi connectivity index (χ4v) is 3.27. The number of nitrogens with one attached hydrogen (secondary N) is 1. The number of hydrogen-bond donors (Lipinski definition) is 2. The number of β-amino-alcohol motifs (C(OH)–C–C–N with tert-alkyl or cyclic N) is 1. The summed E-state index contributed by atoms with van der Waals surface area (Å²) in [4.78, 5) is 2.23. The van der Waals surface area contributed by atoms with E-state index in [0.717, 1.165) is 30.6 Å². The Morgan fingerprint density at radius 1 is 1.29 bits per heavy atom. The average molecular weight is 332 g/mol. The molecule has 1 heterocycles. The van der Waals surface area contributed by atoms with E-state index >= 15 is 0 Å². The molecule has 1 aliphatic heterocycles.